The molecule has 0 aliphatic heterocycles. The van der Waals surface area contributed by atoms with Crippen LogP contribution in [0.5, 0.6) is 0 Å². The topological polar surface area (TPSA) is 85.2 Å². The number of carbonyl (C=O) groups is 2. The highest BCUT2D eigenvalue weighted by atomic mass is 16.2. The Labute approximate surface area is 126 Å². The zero-order valence-corrected chi connectivity index (χ0v) is 13.0. The third-order valence-corrected chi connectivity index (χ3v) is 3.76. The first kappa shape index (κ1) is 17.4. The number of nitrogens with zero attached hydrogens (tertiary/aromatic N) is 2. The zero-order valence-electron chi connectivity index (χ0n) is 13.0. The summed E-state index contributed by atoms with van der Waals surface area (Å²) in [6, 6.07) is 1.93. The van der Waals surface area contributed by atoms with Crippen LogP contribution in [0, 0.1) is 17.2 Å². The molecule has 6 nitrogen and oxygen atoms in total. The second kappa shape index (κ2) is 9.35. The van der Waals surface area contributed by atoms with Crippen molar-refractivity contribution >= 4 is 11.9 Å². The molecule has 1 rings (SSSR count). The first-order chi connectivity index (χ1) is 10.0. The molecule has 21 heavy (non-hydrogen) atoms. The second-order valence-corrected chi connectivity index (χ2v) is 5.71. The Morgan fingerprint density at radius 3 is 2.57 bits per heavy atom. The van der Waals surface area contributed by atoms with Crippen molar-refractivity contribution in [1.82, 2.24) is 15.5 Å². The predicted octanol–water partition coefficient (Wildman–Crippen LogP) is 1.63. The van der Waals surface area contributed by atoms with E-state index in [1.807, 2.05) is 18.7 Å². The van der Waals surface area contributed by atoms with Gasteiger partial charge in [0.05, 0.1) is 18.5 Å². The van der Waals surface area contributed by atoms with E-state index in [9.17, 15) is 9.59 Å². The highest BCUT2D eigenvalue weighted by Crippen LogP contribution is 2.17. The number of amides is 3. The number of rotatable bonds is 6. The van der Waals surface area contributed by atoms with E-state index >= 15 is 0 Å². The van der Waals surface area contributed by atoms with Gasteiger partial charge in [-0.1, -0.05) is 26.2 Å². The van der Waals surface area contributed by atoms with E-state index in [1.54, 1.807) is 0 Å². The lowest BCUT2D eigenvalue weighted by Crippen LogP contribution is -2.48. The van der Waals surface area contributed by atoms with Crippen LogP contribution < -0.4 is 10.6 Å². The predicted molar refractivity (Wildman–Crippen MR) is 80.4 cm³/mol. The molecule has 0 radical (unpaired) electrons. The molecular weight excluding hydrogens is 268 g/mol. The van der Waals surface area contributed by atoms with Gasteiger partial charge in [0.25, 0.3) is 0 Å². The molecule has 1 fully saturated rings. The maximum Gasteiger partial charge on any atom is 0.321 e. The maximum atomic E-state index is 11.8. The Balaban J connectivity index is 2.30. The van der Waals surface area contributed by atoms with E-state index in [0.717, 1.165) is 25.7 Å². The van der Waals surface area contributed by atoms with Gasteiger partial charge in [0.1, 0.15) is 0 Å². The average Bonchev–Trinajstić information content (AvgIpc) is 2.47. The third kappa shape index (κ3) is 7.09. The molecule has 0 saturated heterocycles. The standard InChI is InChI=1S/C15H26N4O2/c1-3-19(10-12(2)9-16)11-14(20)18-15(21)17-13-7-5-4-6-8-13/h12-13H,3-8,10-11H2,1-2H3,(H2,17,18,20,21). The highest BCUT2D eigenvalue weighted by molar-refractivity contribution is 5.95. The number of hydrogen-bond donors (Lipinski definition) is 2. The quantitative estimate of drug-likeness (QED) is 0.779. The zero-order chi connectivity index (χ0) is 15.7. The van der Waals surface area contributed by atoms with Crippen LogP contribution in [-0.4, -0.2) is 42.5 Å². The van der Waals surface area contributed by atoms with Crippen LogP contribution in [0.25, 0.3) is 0 Å². The number of imide groups is 1. The van der Waals surface area contributed by atoms with Gasteiger partial charge in [-0.25, -0.2) is 4.79 Å². The summed E-state index contributed by atoms with van der Waals surface area (Å²) in [6.07, 6.45) is 5.47. The van der Waals surface area contributed by atoms with Crippen LogP contribution in [0.2, 0.25) is 0 Å². The van der Waals surface area contributed by atoms with Gasteiger partial charge in [0.2, 0.25) is 5.91 Å². The smallest absolute Gasteiger partial charge is 0.321 e. The van der Waals surface area contributed by atoms with Crippen LogP contribution in [0.3, 0.4) is 0 Å². The van der Waals surface area contributed by atoms with Crippen molar-refractivity contribution in [2.24, 2.45) is 5.92 Å². The Kier molecular flexibility index (Phi) is 7.76. The summed E-state index contributed by atoms with van der Waals surface area (Å²) in [4.78, 5) is 25.5. The number of likely N-dealkylation sites (N-methyl/N-ethyl adjacent to an activating group) is 1. The third-order valence-electron chi connectivity index (χ3n) is 3.76. The molecule has 0 heterocycles. The second-order valence-electron chi connectivity index (χ2n) is 5.71. The first-order valence-corrected chi connectivity index (χ1v) is 7.77. The lowest BCUT2D eigenvalue weighted by atomic mass is 9.96. The van der Waals surface area contributed by atoms with Gasteiger partial charge in [0.15, 0.2) is 0 Å². The van der Waals surface area contributed by atoms with Gasteiger partial charge in [0, 0.05) is 12.6 Å². The lowest BCUT2D eigenvalue weighted by molar-refractivity contribution is -0.121. The Morgan fingerprint density at radius 2 is 2.00 bits per heavy atom. The van der Waals surface area contributed by atoms with Crippen molar-refractivity contribution in [2.45, 2.75) is 52.0 Å². The first-order valence-electron chi connectivity index (χ1n) is 7.77. The van der Waals surface area contributed by atoms with Gasteiger partial charge < -0.3 is 5.32 Å². The van der Waals surface area contributed by atoms with Gasteiger partial charge in [-0.15, -0.1) is 0 Å². The highest BCUT2D eigenvalue weighted by Gasteiger charge is 2.18. The number of urea groups is 1. The van der Waals surface area contributed by atoms with Crippen molar-refractivity contribution in [2.75, 3.05) is 19.6 Å². The number of nitriles is 1. The largest absolute Gasteiger partial charge is 0.335 e. The van der Waals surface area contributed by atoms with Crippen LogP contribution in [0.15, 0.2) is 0 Å². The summed E-state index contributed by atoms with van der Waals surface area (Å²) >= 11 is 0. The molecule has 3 amide bonds. The fraction of sp³-hybridized carbons (Fsp3) is 0.800. The van der Waals surface area contributed by atoms with Crippen molar-refractivity contribution < 1.29 is 9.59 Å². The SMILES string of the molecule is CCN(CC(=O)NC(=O)NC1CCCCC1)CC(C)C#N. The van der Waals surface area contributed by atoms with Crippen molar-refractivity contribution in [3.8, 4) is 6.07 Å². The molecule has 6 heteroatoms. The summed E-state index contributed by atoms with van der Waals surface area (Å²) in [5, 5.41) is 14.0. The average molecular weight is 294 g/mol. The number of hydrogen-bond acceptors (Lipinski definition) is 4. The molecule has 1 unspecified atom stereocenters. The van der Waals surface area contributed by atoms with Gasteiger partial charge in [-0.3, -0.25) is 15.0 Å². The van der Waals surface area contributed by atoms with Crippen molar-refractivity contribution in [3.63, 3.8) is 0 Å². The summed E-state index contributed by atoms with van der Waals surface area (Å²) in [7, 11) is 0. The molecule has 118 valence electrons. The van der Waals surface area contributed by atoms with E-state index < -0.39 is 6.03 Å². The minimum atomic E-state index is -0.406. The molecule has 1 atom stereocenters. The maximum absolute atomic E-state index is 11.8. The monoisotopic (exact) mass is 294 g/mol. The molecule has 0 bridgehead atoms. The van der Waals surface area contributed by atoms with Crippen molar-refractivity contribution in [1.29, 1.82) is 5.26 Å². The fourth-order valence-corrected chi connectivity index (χ4v) is 2.57. The Bertz CT molecular complexity index is 386. The fourth-order valence-electron chi connectivity index (χ4n) is 2.57. The molecule has 0 aromatic carbocycles. The summed E-state index contributed by atoms with van der Waals surface area (Å²) in [6.45, 7) is 5.09. The number of carbonyl (C=O) groups excluding carboxylic acids is 2. The summed E-state index contributed by atoms with van der Waals surface area (Å²) in [5.41, 5.74) is 0. The molecule has 1 aliphatic carbocycles. The molecular formula is C15H26N4O2. The Morgan fingerprint density at radius 1 is 1.33 bits per heavy atom. The van der Waals surface area contributed by atoms with Crippen LogP contribution >= 0.6 is 0 Å². The van der Waals surface area contributed by atoms with E-state index in [-0.39, 0.29) is 24.4 Å². The van der Waals surface area contributed by atoms with Crippen LogP contribution in [0.4, 0.5) is 4.79 Å². The molecule has 1 aliphatic rings. The van der Waals surface area contributed by atoms with E-state index in [0.29, 0.717) is 13.1 Å². The molecule has 0 aromatic rings. The molecule has 0 spiro atoms. The normalized spacial score (nSPS) is 17.0. The molecule has 0 aromatic heterocycles. The molecule has 1 saturated carbocycles. The van der Waals surface area contributed by atoms with Crippen LogP contribution in [0.1, 0.15) is 46.0 Å². The van der Waals surface area contributed by atoms with E-state index in [1.165, 1.54) is 6.42 Å². The minimum Gasteiger partial charge on any atom is -0.335 e. The lowest BCUT2D eigenvalue weighted by Gasteiger charge is -2.23. The Hall–Kier alpha value is -1.61. The van der Waals surface area contributed by atoms with E-state index in [4.69, 9.17) is 5.26 Å². The van der Waals surface area contributed by atoms with Gasteiger partial charge in [-0.2, -0.15) is 5.26 Å². The van der Waals surface area contributed by atoms with E-state index in [2.05, 4.69) is 16.7 Å². The van der Waals surface area contributed by atoms with Crippen molar-refractivity contribution in [3.05, 3.63) is 0 Å². The summed E-state index contributed by atoms with van der Waals surface area (Å²) in [5.74, 6) is -0.455. The van der Waals surface area contributed by atoms with Gasteiger partial charge >= 0.3 is 6.03 Å². The molecule has 2 N–H and O–H groups in total. The minimum absolute atomic E-state index is 0.131. The summed E-state index contributed by atoms with van der Waals surface area (Å²) < 4.78 is 0. The van der Waals surface area contributed by atoms with Crippen LogP contribution in [-0.2, 0) is 4.79 Å². The van der Waals surface area contributed by atoms with Gasteiger partial charge in [-0.05, 0) is 26.3 Å². The number of nitrogens with one attached hydrogen (secondary N) is 2.